The molecule has 0 atom stereocenters. The van der Waals surface area contributed by atoms with Crippen LogP contribution in [-0.4, -0.2) is 11.5 Å². The maximum atomic E-state index is 14.5. The fourth-order valence-electron chi connectivity index (χ4n) is 1.75. The van der Waals surface area contributed by atoms with Crippen LogP contribution in [0, 0.1) is 34.3 Å². The van der Waals surface area contributed by atoms with Gasteiger partial charge in [0.05, 0.1) is 9.79 Å². The number of nitriles is 2. The van der Waals surface area contributed by atoms with Crippen molar-refractivity contribution in [2.45, 2.75) is 49.3 Å². The summed E-state index contributed by atoms with van der Waals surface area (Å²) >= 11 is 2.45. The second-order valence-corrected chi connectivity index (χ2v) is 6.87. The Bertz CT molecular complexity index is 551. The minimum atomic E-state index is -0.763. The maximum absolute atomic E-state index is 14.5. The first-order chi connectivity index (χ1) is 10.6. The molecular formula is C16H18F2N2S2. The Morgan fingerprint density at radius 3 is 1.45 bits per heavy atom. The van der Waals surface area contributed by atoms with E-state index < -0.39 is 22.8 Å². The van der Waals surface area contributed by atoms with Crippen LogP contribution in [0.25, 0.3) is 0 Å². The summed E-state index contributed by atoms with van der Waals surface area (Å²) < 4.78 is 29.0. The molecule has 0 saturated carbocycles. The Morgan fingerprint density at radius 2 is 1.18 bits per heavy atom. The summed E-state index contributed by atoms with van der Waals surface area (Å²) in [5.41, 5.74) is -0.974. The van der Waals surface area contributed by atoms with Gasteiger partial charge in [-0.05, 0) is 24.3 Å². The summed E-state index contributed by atoms with van der Waals surface area (Å²) in [5, 5.41) is 18.1. The average Bonchev–Trinajstić information content (AvgIpc) is 2.52. The van der Waals surface area contributed by atoms with E-state index in [4.69, 9.17) is 10.5 Å². The molecule has 0 spiro atoms. The number of thioether (sulfide) groups is 2. The molecule has 6 heteroatoms. The summed E-state index contributed by atoms with van der Waals surface area (Å²) in [6.45, 7) is 4.04. The van der Waals surface area contributed by atoms with Crippen molar-refractivity contribution in [3.8, 4) is 12.1 Å². The van der Waals surface area contributed by atoms with E-state index in [1.165, 1.54) is 23.5 Å². The Balaban J connectivity index is 3.32. The minimum absolute atomic E-state index is 0.169. The quantitative estimate of drug-likeness (QED) is 0.463. The Kier molecular flexibility index (Phi) is 8.30. The Labute approximate surface area is 138 Å². The topological polar surface area (TPSA) is 47.6 Å². The van der Waals surface area contributed by atoms with E-state index in [1.54, 1.807) is 12.1 Å². The monoisotopic (exact) mass is 340 g/mol. The minimum Gasteiger partial charge on any atom is -0.204 e. The third-order valence-corrected chi connectivity index (χ3v) is 5.46. The zero-order chi connectivity index (χ0) is 16.5. The van der Waals surface area contributed by atoms with Crippen molar-refractivity contribution in [2.75, 3.05) is 11.5 Å². The molecule has 1 aromatic rings. The fraction of sp³-hybridized carbons (Fsp3) is 0.500. The van der Waals surface area contributed by atoms with E-state index in [2.05, 4.69) is 0 Å². The summed E-state index contributed by atoms with van der Waals surface area (Å²) in [6, 6.07) is 3.24. The van der Waals surface area contributed by atoms with Crippen LogP contribution in [0.5, 0.6) is 0 Å². The SMILES string of the molecule is CCCCSc1c(F)c(C#N)c(C#N)c(F)c1SCCCC. The molecule has 0 aliphatic heterocycles. The average molecular weight is 340 g/mol. The normalized spacial score (nSPS) is 10.3. The molecular weight excluding hydrogens is 322 g/mol. The van der Waals surface area contributed by atoms with Gasteiger partial charge in [0.2, 0.25) is 0 Å². The summed E-state index contributed by atoms with van der Waals surface area (Å²) in [7, 11) is 0. The van der Waals surface area contributed by atoms with Crippen molar-refractivity contribution in [2.24, 2.45) is 0 Å². The number of hydrogen-bond acceptors (Lipinski definition) is 4. The number of hydrogen-bond donors (Lipinski definition) is 0. The number of halogens is 2. The molecule has 0 amide bonds. The number of rotatable bonds is 8. The van der Waals surface area contributed by atoms with Crippen molar-refractivity contribution in [3.63, 3.8) is 0 Å². The molecule has 0 aromatic heterocycles. The highest BCUT2D eigenvalue weighted by Crippen LogP contribution is 2.39. The highest BCUT2D eigenvalue weighted by atomic mass is 32.2. The predicted molar refractivity (Wildman–Crippen MR) is 87.1 cm³/mol. The summed E-state index contributed by atoms with van der Waals surface area (Å²) in [5.74, 6) is -0.211. The highest BCUT2D eigenvalue weighted by molar-refractivity contribution is 8.02. The van der Waals surface area contributed by atoms with Gasteiger partial charge in [0, 0.05) is 0 Å². The van der Waals surface area contributed by atoms with Gasteiger partial charge >= 0.3 is 0 Å². The zero-order valence-corrected chi connectivity index (χ0v) is 14.3. The lowest BCUT2D eigenvalue weighted by Gasteiger charge is -2.13. The second-order valence-electron chi connectivity index (χ2n) is 4.66. The van der Waals surface area contributed by atoms with Crippen LogP contribution in [0.1, 0.15) is 50.7 Å². The van der Waals surface area contributed by atoms with Crippen LogP contribution < -0.4 is 0 Å². The molecule has 22 heavy (non-hydrogen) atoms. The third-order valence-electron chi connectivity index (χ3n) is 3.01. The predicted octanol–water partition coefficient (Wildman–Crippen LogP) is 5.49. The fourth-order valence-corrected chi connectivity index (χ4v) is 4.28. The molecule has 0 aliphatic rings. The maximum Gasteiger partial charge on any atom is 0.157 e. The van der Waals surface area contributed by atoms with Crippen LogP contribution >= 0.6 is 23.5 Å². The molecule has 0 saturated heterocycles. The van der Waals surface area contributed by atoms with Crippen LogP contribution in [0.3, 0.4) is 0 Å². The van der Waals surface area contributed by atoms with Crippen molar-refractivity contribution in [3.05, 3.63) is 22.8 Å². The van der Waals surface area contributed by atoms with Gasteiger partial charge in [-0.3, -0.25) is 0 Å². The van der Waals surface area contributed by atoms with E-state index in [-0.39, 0.29) is 9.79 Å². The smallest absolute Gasteiger partial charge is 0.157 e. The van der Waals surface area contributed by atoms with Gasteiger partial charge in [0.1, 0.15) is 23.3 Å². The van der Waals surface area contributed by atoms with Crippen LogP contribution in [0.15, 0.2) is 9.79 Å². The first kappa shape index (κ1) is 18.8. The van der Waals surface area contributed by atoms with E-state index in [0.29, 0.717) is 11.5 Å². The first-order valence-electron chi connectivity index (χ1n) is 7.22. The molecule has 0 heterocycles. The summed E-state index contributed by atoms with van der Waals surface area (Å²) in [6.07, 6.45) is 3.67. The van der Waals surface area contributed by atoms with Crippen molar-refractivity contribution < 1.29 is 8.78 Å². The highest BCUT2D eigenvalue weighted by Gasteiger charge is 2.25. The first-order valence-corrected chi connectivity index (χ1v) is 9.20. The van der Waals surface area contributed by atoms with Gasteiger partial charge < -0.3 is 0 Å². The number of benzene rings is 1. The lowest BCUT2D eigenvalue weighted by atomic mass is 10.1. The van der Waals surface area contributed by atoms with Gasteiger partial charge in [0.15, 0.2) is 11.6 Å². The van der Waals surface area contributed by atoms with E-state index in [1.807, 2.05) is 13.8 Å². The third kappa shape index (κ3) is 4.38. The largest absolute Gasteiger partial charge is 0.204 e. The van der Waals surface area contributed by atoms with E-state index >= 15 is 0 Å². The molecule has 118 valence electrons. The summed E-state index contributed by atoms with van der Waals surface area (Å²) in [4.78, 5) is 0.338. The molecule has 0 fully saturated rings. The van der Waals surface area contributed by atoms with Crippen LogP contribution in [-0.2, 0) is 0 Å². The second kappa shape index (κ2) is 9.71. The molecule has 0 unspecified atom stereocenters. The standard InChI is InChI=1S/C16H18F2N2S2/c1-3-5-7-21-15-13(17)11(9-19)12(10-20)14(18)16(15)22-8-6-4-2/h3-8H2,1-2H3. The molecule has 0 bridgehead atoms. The number of unbranched alkanes of at least 4 members (excludes halogenated alkanes) is 2. The zero-order valence-electron chi connectivity index (χ0n) is 12.7. The lowest BCUT2D eigenvalue weighted by Crippen LogP contribution is -2.02. The molecule has 1 aromatic carbocycles. The Hall–Kier alpha value is -1.24. The molecule has 0 radical (unpaired) electrons. The van der Waals surface area contributed by atoms with Crippen molar-refractivity contribution in [1.82, 2.24) is 0 Å². The molecule has 0 aliphatic carbocycles. The molecule has 1 rings (SSSR count). The number of nitrogens with zero attached hydrogens (tertiary/aromatic N) is 2. The van der Waals surface area contributed by atoms with E-state index in [9.17, 15) is 8.78 Å². The van der Waals surface area contributed by atoms with Gasteiger partial charge in [-0.2, -0.15) is 10.5 Å². The Morgan fingerprint density at radius 1 is 0.818 bits per heavy atom. The van der Waals surface area contributed by atoms with Gasteiger partial charge in [-0.25, -0.2) is 8.78 Å². The van der Waals surface area contributed by atoms with Crippen molar-refractivity contribution >= 4 is 23.5 Å². The van der Waals surface area contributed by atoms with Gasteiger partial charge in [-0.1, -0.05) is 26.7 Å². The molecule has 0 N–H and O–H groups in total. The van der Waals surface area contributed by atoms with Crippen molar-refractivity contribution in [1.29, 1.82) is 10.5 Å². The van der Waals surface area contributed by atoms with E-state index in [0.717, 1.165) is 25.7 Å². The van der Waals surface area contributed by atoms with Crippen LogP contribution in [0.4, 0.5) is 8.78 Å². The van der Waals surface area contributed by atoms with Crippen LogP contribution in [0.2, 0.25) is 0 Å². The van der Waals surface area contributed by atoms with Gasteiger partial charge in [-0.15, -0.1) is 23.5 Å². The van der Waals surface area contributed by atoms with Gasteiger partial charge in [0.25, 0.3) is 0 Å². The lowest BCUT2D eigenvalue weighted by molar-refractivity contribution is 0.544. The molecule has 2 nitrogen and oxygen atoms in total.